The number of urea groups is 1. The van der Waals surface area contributed by atoms with Gasteiger partial charge in [-0.05, 0) is 37.8 Å². The predicted octanol–water partition coefficient (Wildman–Crippen LogP) is 1.91. The summed E-state index contributed by atoms with van der Waals surface area (Å²) in [5.74, 6) is -0.108. The highest BCUT2D eigenvalue weighted by atomic mass is 16.2. The molecule has 0 radical (unpaired) electrons. The van der Waals surface area contributed by atoms with Crippen LogP contribution in [0.3, 0.4) is 0 Å². The number of nitrogens with zero attached hydrogens (tertiary/aromatic N) is 3. The first-order valence-electron chi connectivity index (χ1n) is 9.63. The maximum atomic E-state index is 12.6. The number of hydrogen-bond acceptors (Lipinski definition) is 3. The van der Waals surface area contributed by atoms with E-state index in [1.165, 1.54) is 4.90 Å². The summed E-state index contributed by atoms with van der Waals surface area (Å²) in [5, 5.41) is 2.86. The van der Waals surface area contributed by atoms with E-state index in [-0.39, 0.29) is 30.8 Å². The highest BCUT2D eigenvalue weighted by Crippen LogP contribution is 2.35. The molecule has 0 bridgehead atoms. The number of carbonyl (C=O) groups excluding carboxylic acids is 3. The third-order valence-corrected chi connectivity index (χ3v) is 6.12. The minimum Gasteiger partial charge on any atom is -0.351 e. The van der Waals surface area contributed by atoms with Gasteiger partial charge in [-0.3, -0.25) is 14.5 Å². The normalized spacial score (nSPS) is 23.1. The van der Waals surface area contributed by atoms with Crippen LogP contribution in [0.5, 0.6) is 0 Å². The van der Waals surface area contributed by atoms with Crippen LogP contribution in [-0.4, -0.2) is 57.4 Å². The van der Waals surface area contributed by atoms with E-state index in [1.807, 2.05) is 17.0 Å². The van der Waals surface area contributed by atoms with E-state index < -0.39 is 5.54 Å². The quantitative estimate of drug-likeness (QED) is 0.836. The van der Waals surface area contributed by atoms with E-state index in [0.29, 0.717) is 6.04 Å². The smallest absolute Gasteiger partial charge is 0.325 e. The van der Waals surface area contributed by atoms with Crippen LogP contribution in [-0.2, 0) is 9.59 Å². The summed E-state index contributed by atoms with van der Waals surface area (Å²) >= 11 is 0. The molecule has 7 nitrogen and oxygen atoms in total. The number of aromatic nitrogens is 1. The van der Waals surface area contributed by atoms with Crippen molar-refractivity contribution in [1.82, 2.24) is 19.7 Å². The Kier molecular flexibility index (Phi) is 4.46. The highest BCUT2D eigenvalue weighted by Gasteiger charge is 2.52. The van der Waals surface area contributed by atoms with Gasteiger partial charge in [0.05, 0.1) is 0 Å². The first-order valence-corrected chi connectivity index (χ1v) is 9.63. The van der Waals surface area contributed by atoms with Crippen molar-refractivity contribution in [1.29, 1.82) is 0 Å². The number of hydrogen-bond donors (Lipinski definition) is 1. The van der Waals surface area contributed by atoms with Crippen LogP contribution in [0.1, 0.15) is 51.0 Å². The first kappa shape index (κ1) is 17.1. The second-order valence-corrected chi connectivity index (χ2v) is 7.67. The third kappa shape index (κ3) is 2.99. The Morgan fingerprint density at radius 2 is 1.77 bits per heavy atom. The molecule has 3 fully saturated rings. The minimum atomic E-state index is -0.685. The van der Waals surface area contributed by atoms with Crippen LogP contribution in [0.25, 0.3) is 0 Å². The van der Waals surface area contributed by atoms with Gasteiger partial charge in [0.25, 0.3) is 5.91 Å². The fraction of sp³-hybridized carbons (Fsp3) is 0.632. The van der Waals surface area contributed by atoms with E-state index >= 15 is 0 Å². The Morgan fingerprint density at radius 3 is 2.42 bits per heavy atom. The number of amides is 4. The van der Waals surface area contributed by atoms with Gasteiger partial charge in [0, 0.05) is 44.5 Å². The minimum absolute atomic E-state index is 0.0314. The molecule has 0 unspecified atom stereocenters. The van der Waals surface area contributed by atoms with E-state index in [0.717, 1.165) is 51.6 Å². The largest absolute Gasteiger partial charge is 0.351 e. The van der Waals surface area contributed by atoms with Crippen molar-refractivity contribution in [2.75, 3.05) is 19.6 Å². The lowest BCUT2D eigenvalue weighted by atomic mass is 9.98. The molecule has 26 heavy (non-hydrogen) atoms. The molecule has 1 saturated carbocycles. The molecular formula is C19H26N4O3. The lowest BCUT2D eigenvalue weighted by molar-refractivity contribution is -0.134. The molecule has 1 aromatic heterocycles. The Morgan fingerprint density at radius 1 is 1.12 bits per heavy atom. The fourth-order valence-electron chi connectivity index (χ4n) is 4.57. The van der Waals surface area contributed by atoms with Crippen molar-refractivity contribution < 1.29 is 14.4 Å². The van der Waals surface area contributed by atoms with Crippen LogP contribution in [0.2, 0.25) is 0 Å². The van der Waals surface area contributed by atoms with Crippen molar-refractivity contribution in [2.24, 2.45) is 0 Å². The van der Waals surface area contributed by atoms with Gasteiger partial charge in [0.15, 0.2) is 0 Å². The molecule has 140 valence electrons. The van der Waals surface area contributed by atoms with Crippen LogP contribution in [0.15, 0.2) is 24.5 Å². The van der Waals surface area contributed by atoms with Crippen molar-refractivity contribution in [2.45, 2.75) is 56.5 Å². The monoisotopic (exact) mass is 358 g/mol. The van der Waals surface area contributed by atoms with Gasteiger partial charge in [-0.2, -0.15) is 0 Å². The van der Waals surface area contributed by atoms with E-state index in [9.17, 15) is 14.4 Å². The van der Waals surface area contributed by atoms with E-state index in [1.54, 1.807) is 0 Å². The maximum Gasteiger partial charge on any atom is 0.325 e. The van der Waals surface area contributed by atoms with Gasteiger partial charge in [-0.15, -0.1) is 0 Å². The van der Waals surface area contributed by atoms with Crippen LogP contribution in [0, 0.1) is 0 Å². The molecule has 1 spiro atoms. The van der Waals surface area contributed by atoms with Crippen LogP contribution >= 0.6 is 0 Å². The molecule has 1 aliphatic carbocycles. The first-order chi connectivity index (χ1) is 12.6. The van der Waals surface area contributed by atoms with Gasteiger partial charge in [0.2, 0.25) is 5.91 Å². The van der Waals surface area contributed by atoms with Gasteiger partial charge in [-0.1, -0.05) is 12.8 Å². The van der Waals surface area contributed by atoms with Gasteiger partial charge >= 0.3 is 6.03 Å². The van der Waals surface area contributed by atoms with Gasteiger partial charge in [0.1, 0.15) is 5.54 Å². The van der Waals surface area contributed by atoms with Crippen LogP contribution in [0.4, 0.5) is 4.79 Å². The molecule has 4 amide bonds. The number of rotatable bonds is 4. The van der Waals surface area contributed by atoms with E-state index in [4.69, 9.17) is 0 Å². The number of carbonyl (C=O) groups is 3. The van der Waals surface area contributed by atoms with Gasteiger partial charge < -0.3 is 14.8 Å². The Balaban J connectivity index is 1.28. The van der Waals surface area contributed by atoms with Crippen molar-refractivity contribution in [3.8, 4) is 0 Å². The van der Waals surface area contributed by atoms with Crippen LogP contribution < -0.4 is 5.32 Å². The molecule has 2 aliphatic heterocycles. The lowest BCUT2D eigenvalue weighted by Gasteiger charge is -2.33. The van der Waals surface area contributed by atoms with Crippen molar-refractivity contribution in [3.63, 3.8) is 0 Å². The highest BCUT2D eigenvalue weighted by molar-refractivity contribution is 6.07. The number of likely N-dealkylation sites (tertiary alicyclic amines) is 1. The maximum absolute atomic E-state index is 12.6. The summed E-state index contributed by atoms with van der Waals surface area (Å²) in [4.78, 5) is 40.4. The molecular weight excluding hydrogens is 332 g/mol. The average Bonchev–Trinajstić information content (AvgIpc) is 3.38. The number of piperidine rings is 1. The summed E-state index contributed by atoms with van der Waals surface area (Å²) in [5.41, 5.74) is -0.685. The fourth-order valence-corrected chi connectivity index (χ4v) is 4.57. The molecule has 4 rings (SSSR count). The number of imide groups is 1. The predicted molar refractivity (Wildman–Crippen MR) is 95.3 cm³/mol. The molecule has 1 N–H and O–H groups in total. The van der Waals surface area contributed by atoms with Gasteiger partial charge in [-0.25, -0.2) is 4.79 Å². The zero-order valence-electron chi connectivity index (χ0n) is 15.0. The topological polar surface area (TPSA) is 74.7 Å². The molecule has 0 atom stereocenters. The average molecular weight is 358 g/mol. The molecule has 3 aliphatic rings. The molecule has 1 aromatic rings. The standard InChI is InChI=1S/C19H26N4O3/c24-16(22-12-5-15(6-13-22)21-10-3-4-11-21)7-14-23-17(25)19(20-18(23)26)8-1-2-9-19/h3-4,10-11,15H,1-2,5-9,12-14H2,(H,20,26). The second-order valence-electron chi connectivity index (χ2n) is 7.67. The molecule has 0 aromatic carbocycles. The molecule has 3 heterocycles. The Labute approximate surface area is 153 Å². The summed E-state index contributed by atoms with van der Waals surface area (Å²) < 4.78 is 2.20. The summed E-state index contributed by atoms with van der Waals surface area (Å²) in [6, 6.07) is 4.15. The number of nitrogens with one attached hydrogen (secondary N) is 1. The SMILES string of the molecule is O=C(CCN1C(=O)NC2(CCCC2)C1=O)N1CCC(n2cccc2)CC1. The summed E-state index contributed by atoms with van der Waals surface area (Å²) in [6.07, 6.45) is 9.59. The lowest BCUT2D eigenvalue weighted by Crippen LogP contribution is -2.44. The summed E-state index contributed by atoms with van der Waals surface area (Å²) in [7, 11) is 0. The second kappa shape index (κ2) is 6.78. The van der Waals surface area contributed by atoms with E-state index in [2.05, 4.69) is 22.3 Å². The Hall–Kier alpha value is -2.31. The third-order valence-electron chi connectivity index (χ3n) is 6.12. The van der Waals surface area contributed by atoms with Crippen molar-refractivity contribution in [3.05, 3.63) is 24.5 Å². The Bertz CT molecular complexity index is 686. The van der Waals surface area contributed by atoms with Crippen molar-refractivity contribution >= 4 is 17.8 Å². The zero-order valence-corrected chi connectivity index (χ0v) is 15.0. The molecule has 2 saturated heterocycles. The zero-order chi connectivity index (χ0) is 18.1. The summed E-state index contributed by atoms with van der Waals surface area (Å²) in [6.45, 7) is 1.64. The molecule has 7 heteroatoms.